The highest BCUT2D eigenvalue weighted by Gasteiger charge is 2.20. The van der Waals surface area contributed by atoms with E-state index in [1.165, 1.54) is 167 Å². The fraction of sp³-hybridized carbons (Fsp3) is 0.923. The van der Waals surface area contributed by atoms with Crippen LogP contribution in [0.25, 0.3) is 0 Å². The molecule has 0 radical (unpaired) electrons. The molecule has 0 saturated heterocycles. The normalized spacial score (nSPS) is 12.7. The van der Waals surface area contributed by atoms with Crippen molar-refractivity contribution in [2.24, 2.45) is 11.8 Å². The van der Waals surface area contributed by atoms with Gasteiger partial charge in [-0.05, 0) is 31.6 Å². The Morgan fingerprint density at radius 3 is 1.23 bits per heavy atom. The molecule has 0 aliphatic heterocycles. The van der Waals surface area contributed by atoms with Gasteiger partial charge in [-0.1, -0.05) is 181 Å². The Morgan fingerprint density at radius 2 is 0.860 bits per heavy atom. The third kappa shape index (κ3) is 30.6. The molecular formula is C39H74O4. The van der Waals surface area contributed by atoms with Gasteiger partial charge < -0.3 is 9.53 Å². The van der Waals surface area contributed by atoms with Crippen LogP contribution in [0.15, 0.2) is 0 Å². The van der Waals surface area contributed by atoms with Gasteiger partial charge in [-0.25, -0.2) is 0 Å². The molecule has 43 heavy (non-hydrogen) atoms. The van der Waals surface area contributed by atoms with Crippen molar-refractivity contribution in [2.45, 2.75) is 213 Å². The molecule has 2 unspecified atom stereocenters. The van der Waals surface area contributed by atoms with Gasteiger partial charge >= 0.3 is 5.97 Å². The average molecular weight is 607 g/mol. The third-order valence-corrected chi connectivity index (χ3v) is 9.31. The summed E-state index contributed by atoms with van der Waals surface area (Å²) in [5.41, 5.74) is 0. The highest BCUT2D eigenvalue weighted by Crippen LogP contribution is 2.33. The first kappa shape index (κ1) is 41.8. The second kappa shape index (κ2) is 33.7. The number of carbonyl (C=O) groups excluding carboxylic acids is 3. The van der Waals surface area contributed by atoms with Gasteiger partial charge in [-0.3, -0.25) is 9.59 Å². The number of aldehydes is 1. The summed E-state index contributed by atoms with van der Waals surface area (Å²) in [6, 6.07) is 0. The maximum Gasteiger partial charge on any atom is 0.306 e. The Bertz CT molecular complexity index is 616. The molecule has 254 valence electrons. The lowest BCUT2D eigenvalue weighted by Crippen LogP contribution is -2.16. The van der Waals surface area contributed by atoms with E-state index in [0.717, 1.165) is 43.8 Å². The van der Waals surface area contributed by atoms with Gasteiger partial charge in [0.05, 0.1) is 0 Å². The van der Waals surface area contributed by atoms with Crippen LogP contribution < -0.4 is 0 Å². The van der Waals surface area contributed by atoms with E-state index in [2.05, 4.69) is 13.8 Å². The average Bonchev–Trinajstić information content (AvgIpc) is 3.00. The van der Waals surface area contributed by atoms with Crippen LogP contribution in [0.3, 0.4) is 0 Å². The quantitative estimate of drug-likeness (QED) is 0.0409. The maximum absolute atomic E-state index is 11.7. The molecule has 0 aliphatic carbocycles. The number of esters is 1. The lowest BCUT2D eigenvalue weighted by molar-refractivity contribution is -0.147. The Kier molecular flexibility index (Phi) is 32.8. The third-order valence-electron chi connectivity index (χ3n) is 9.31. The number of Topliss-reactive ketones (excluding diaryl/α,β-unsaturated/α-hetero) is 1. The molecule has 0 rings (SSSR count). The van der Waals surface area contributed by atoms with Crippen molar-refractivity contribution >= 4 is 18.0 Å². The number of hydrogen-bond acceptors (Lipinski definition) is 4. The van der Waals surface area contributed by atoms with Crippen molar-refractivity contribution in [1.82, 2.24) is 0 Å². The molecule has 0 saturated carbocycles. The summed E-state index contributed by atoms with van der Waals surface area (Å²) in [4.78, 5) is 33.2. The van der Waals surface area contributed by atoms with E-state index in [4.69, 9.17) is 4.74 Å². The number of rotatable bonds is 35. The fourth-order valence-corrected chi connectivity index (χ4v) is 6.58. The van der Waals surface area contributed by atoms with Crippen molar-refractivity contribution in [3.63, 3.8) is 0 Å². The van der Waals surface area contributed by atoms with Crippen LogP contribution in [0.1, 0.15) is 213 Å². The van der Waals surface area contributed by atoms with E-state index in [9.17, 15) is 14.4 Å². The van der Waals surface area contributed by atoms with Crippen LogP contribution in [0.4, 0.5) is 0 Å². The van der Waals surface area contributed by atoms with Crippen LogP contribution in [0, 0.1) is 11.8 Å². The number of ether oxygens (including phenoxy) is 1. The minimum Gasteiger partial charge on any atom is -0.458 e. The largest absolute Gasteiger partial charge is 0.458 e. The maximum atomic E-state index is 11.7. The van der Waals surface area contributed by atoms with Gasteiger partial charge in [0.25, 0.3) is 0 Å². The summed E-state index contributed by atoms with van der Waals surface area (Å²) in [6.45, 7) is 5.98. The van der Waals surface area contributed by atoms with Gasteiger partial charge in [0.2, 0.25) is 0 Å². The first-order chi connectivity index (χ1) is 21.0. The van der Waals surface area contributed by atoms with Crippen molar-refractivity contribution < 1.29 is 19.1 Å². The highest BCUT2D eigenvalue weighted by molar-refractivity contribution is 5.80. The lowest BCUT2D eigenvalue weighted by Gasteiger charge is -2.28. The molecule has 0 spiro atoms. The van der Waals surface area contributed by atoms with Crippen LogP contribution in [0.5, 0.6) is 0 Å². The van der Waals surface area contributed by atoms with E-state index < -0.39 is 0 Å². The number of hydrogen-bond donors (Lipinski definition) is 0. The Balaban J connectivity index is 4.70. The second-order valence-corrected chi connectivity index (χ2v) is 13.5. The smallest absolute Gasteiger partial charge is 0.306 e. The molecule has 2 atom stereocenters. The van der Waals surface area contributed by atoms with Crippen LogP contribution in [0.2, 0.25) is 0 Å². The summed E-state index contributed by atoms with van der Waals surface area (Å²) in [7, 11) is 0. The summed E-state index contributed by atoms with van der Waals surface area (Å²) in [6.07, 6.45) is 39.4. The van der Waals surface area contributed by atoms with E-state index in [1.54, 1.807) is 0 Å². The lowest BCUT2D eigenvalue weighted by atomic mass is 9.78. The Hall–Kier alpha value is -1.19. The standard InChI is InChI=1S/C39H74O4/c1-4-6-8-10-17-23-29-37(31-25-19-13-12-16-22-28-34-40)38(30-24-18-11-9-7-5-2)32-26-20-14-15-21-27-33-39(42)43-35-36(3)41/h34,37-38H,4-33,35H2,1-3H3. The molecule has 4 nitrogen and oxygen atoms in total. The van der Waals surface area contributed by atoms with E-state index in [-0.39, 0.29) is 18.4 Å². The van der Waals surface area contributed by atoms with Crippen LogP contribution in [-0.4, -0.2) is 24.6 Å². The molecule has 0 aromatic rings. The highest BCUT2D eigenvalue weighted by atomic mass is 16.5. The van der Waals surface area contributed by atoms with Crippen LogP contribution in [-0.2, 0) is 19.1 Å². The van der Waals surface area contributed by atoms with Crippen molar-refractivity contribution in [2.75, 3.05) is 6.61 Å². The van der Waals surface area contributed by atoms with Gasteiger partial charge in [-0.2, -0.15) is 0 Å². The number of ketones is 1. The van der Waals surface area contributed by atoms with E-state index in [1.807, 2.05) is 0 Å². The Morgan fingerprint density at radius 1 is 0.512 bits per heavy atom. The fourth-order valence-electron chi connectivity index (χ4n) is 6.58. The van der Waals surface area contributed by atoms with Gasteiger partial charge in [0.1, 0.15) is 12.9 Å². The second-order valence-electron chi connectivity index (χ2n) is 13.5. The molecule has 0 amide bonds. The molecule has 0 heterocycles. The predicted molar refractivity (Wildman–Crippen MR) is 185 cm³/mol. The monoisotopic (exact) mass is 607 g/mol. The summed E-state index contributed by atoms with van der Waals surface area (Å²) >= 11 is 0. The molecule has 0 aromatic heterocycles. The molecule has 0 aliphatic rings. The first-order valence-electron chi connectivity index (χ1n) is 19.1. The Labute approximate surface area is 268 Å². The molecular weight excluding hydrogens is 532 g/mol. The molecule has 0 aromatic carbocycles. The molecule has 0 N–H and O–H groups in total. The van der Waals surface area contributed by atoms with Crippen LogP contribution >= 0.6 is 0 Å². The van der Waals surface area contributed by atoms with Crippen molar-refractivity contribution in [1.29, 1.82) is 0 Å². The summed E-state index contributed by atoms with van der Waals surface area (Å²) < 4.78 is 4.97. The van der Waals surface area contributed by atoms with Gasteiger partial charge in [-0.15, -0.1) is 0 Å². The van der Waals surface area contributed by atoms with Crippen molar-refractivity contribution in [3.8, 4) is 0 Å². The minimum absolute atomic E-state index is 0.0823. The topological polar surface area (TPSA) is 60.4 Å². The number of carbonyl (C=O) groups is 3. The van der Waals surface area contributed by atoms with E-state index >= 15 is 0 Å². The van der Waals surface area contributed by atoms with E-state index in [0.29, 0.717) is 6.42 Å². The zero-order valence-electron chi connectivity index (χ0n) is 29.3. The molecule has 0 fully saturated rings. The minimum atomic E-state index is -0.234. The molecule has 0 bridgehead atoms. The SMILES string of the molecule is CCCCCCCCC(CCCCCCCCC=O)C(CCCCCCCC)CCCCCCCCC(=O)OCC(C)=O. The van der Waals surface area contributed by atoms with Gasteiger partial charge in [0, 0.05) is 12.8 Å². The van der Waals surface area contributed by atoms with Crippen molar-refractivity contribution in [3.05, 3.63) is 0 Å². The first-order valence-corrected chi connectivity index (χ1v) is 19.1. The number of unbranched alkanes of at least 4 members (excludes halogenated alkanes) is 21. The zero-order valence-corrected chi connectivity index (χ0v) is 29.3. The zero-order chi connectivity index (χ0) is 31.6. The summed E-state index contributed by atoms with van der Waals surface area (Å²) in [5.74, 6) is 1.46. The molecule has 4 heteroatoms. The summed E-state index contributed by atoms with van der Waals surface area (Å²) in [5, 5.41) is 0. The van der Waals surface area contributed by atoms with Gasteiger partial charge in [0.15, 0.2) is 5.78 Å². The predicted octanol–water partition coefficient (Wildman–Crippen LogP) is 12.3.